The quantitative estimate of drug-likeness (QED) is 0.231. The summed E-state index contributed by atoms with van der Waals surface area (Å²) in [5, 5.41) is 8.85. The first-order valence-electron chi connectivity index (χ1n) is 11.5. The largest absolute Gasteiger partial charge is 0.466 e. The van der Waals surface area contributed by atoms with Crippen LogP contribution in [0, 0.1) is 5.82 Å². The molecular formula is C27H25ClFN3O3. The van der Waals surface area contributed by atoms with Crippen LogP contribution < -0.4 is 5.32 Å². The van der Waals surface area contributed by atoms with Crippen molar-refractivity contribution in [2.24, 2.45) is 0 Å². The highest BCUT2D eigenvalue weighted by Gasteiger charge is 2.18. The van der Waals surface area contributed by atoms with Crippen molar-refractivity contribution < 1.29 is 18.7 Å². The maximum absolute atomic E-state index is 13.5. The minimum absolute atomic E-state index is 0.0991. The third kappa shape index (κ3) is 5.69. The Bertz CT molecular complexity index is 1350. The number of benzene rings is 3. The van der Waals surface area contributed by atoms with Crippen molar-refractivity contribution in [2.75, 3.05) is 13.2 Å². The van der Waals surface area contributed by atoms with Crippen molar-refractivity contribution in [3.05, 3.63) is 83.1 Å². The van der Waals surface area contributed by atoms with Crippen LogP contribution in [0.25, 0.3) is 27.8 Å². The Morgan fingerprint density at radius 2 is 1.86 bits per heavy atom. The monoisotopic (exact) mass is 493 g/mol. The van der Waals surface area contributed by atoms with Gasteiger partial charge in [-0.3, -0.25) is 9.59 Å². The maximum atomic E-state index is 13.5. The molecule has 6 nitrogen and oxygen atoms in total. The summed E-state index contributed by atoms with van der Waals surface area (Å²) in [5.74, 6) is -1.02. The zero-order chi connectivity index (χ0) is 24.8. The van der Waals surface area contributed by atoms with Crippen LogP contribution in [0.1, 0.15) is 36.5 Å². The van der Waals surface area contributed by atoms with Gasteiger partial charge in [-0.15, -0.1) is 0 Å². The Balaban J connectivity index is 1.63. The zero-order valence-electron chi connectivity index (χ0n) is 19.3. The number of rotatable bonds is 9. The number of nitrogens with zero attached hydrogens (tertiary/aromatic N) is 2. The van der Waals surface area contributed by atoms with E-state index in [1.165, 1.54) is 12.1 Å². The second-order valence-corrected chi connectivity index (χ2v) is 8.44. The fourth-order valence-electron chi connectivity index (χ4n) is 3.67. The molecule has 0 radical (unpaired) electrons. The number of carbonyl (C=O) groups is 2. The molecule has 180 valence electrons. The number of carbonyl (C=O) groups excluding carboxylic acids is 2. The van der Waals surface area contributed by atoms with E-state index in [-0.39, 0.29) is 30.7 Å². The van der Waals surface area contributed by atoms with Gasteiger partial charge in [0.25, 0.3) is 5.91 Å². The molecule has 0 atom stereocenters. The summed E-state index contributed by atoms with van der Waals surface area (Å²) >= 11 is 6.44. The molecule has 3 aromatic carbocycles. The van der Waals surface area contributed by atoms with E-state index in [1.54, 1.807) is 35.0 Å². The van der Waals surface area contributed by atoms with Gasteiger partial charge in [-0.1, -0.05) is 43.1 Å². The lowest BCUT2D eigenvalue weighted by atomic mass is 10.1. The molecule has 1 heterocycles. The normalized spacial score (nSPS) is 10.9. The Labute approximate surface area is 207 Å². The third-order valence-electron chi connectivity index (χ3n) is 5.52. The van der Waals surface area contributed by atoms with Crippen molar-refractivity contribution in [3.63, 3.8) is 0 Å². The van der Waals surface area contributed by atoms with Crippen molar-refractivity contribution in [2.45, 2.75) is 26.2 Å². The summed E-state index contributed by atoms with van der Waals surface area (Å²) in [6.45, 7) is 2.58. The Morgan fingerprint density at radius 1 is 1.09 bits per heavy atom. The summed E-state index contributed by atoms with van der Waals surface area (Å²) < 4.78 is 20.3. The molecule has 1 N–H and O–H groups in total. The van der Waals surface area contributed by atoms with Gasteiger partial charge in [-0.25, -0.2) is 9.07 Å². The van der Waals surface area contributed by atoms with E-state index in [4.69, 9.17) is 21.4 Å². The number of nitrogens with one attached hydrogen (secondary N) is 1. The molecule has 35 heavy (non-hydrogen) atoms. The van der Waals surface area contributed by atoms with Crippen LogP contribution in [0.15, 0.2) is 66.7 Å². The fraction of sp³-hybridized carbons (Fsp3) is 0.222. The van der Waals surface area contributed by atoms with Crippen LogP contribution in [0.2, 0.25) is 5.02 Å². The Hall–Kier alpha value is -3.71. The van der Waals surface area contributed by atoms with Gasteiger partial charge in [0.15, 0.2) is 0 Å². The molecule has 0 aliphatic heterocycles. The van der Waals surface area contributed by atoms with Crippen LogP contribution in [0.4, 0.5) is 4.39 Å². The molecule has 0 unspecified atom stereocenters. The second-order valence-electron chi connectivity index (χ2n) is 8.03. The van der Waals surface area contributed by atoms with Crippen LogP contribution in [0.5, 0.6) is 0 Å². The SMILES string of the molecule is CCCCOC(=O)CCNC(=O)c1ccc2c(-c3ccccc3Cl)nn(-c3ccc(F)cc3)c2c1. The van der Waals surface area contributed by atoms with E-state index in [1.807, 2.05) is 31.2 Å². The van der Waals surface area contributed by atoms with Gasteiger partial charge in [0.1, 0.15) is 11.5 Å². The van der Waals surface area contributed by atoms with Crippen LogP contribution in [-0.4, -0.2) is 34.8 Å². The summed E-state index contributed by atoms with van der Waals surface area (Å²) in [6, 6.07) is 18.6. The predicted octanol–water partition coefficient (Wildman–Crippen LogP) is 5.95. The number of halogens is 2. The predicted molar refractivity (Wildman–Crippen MR) is 134 cm³/mol. The van der Waals surface area contributed by atoms with E-state index in [9.17, 15) is 14.0 Å². The fourth-order valence-corrected chi connectivity index (χ4v) is 3.90. The first-order valence-corrected chi connectivity index (χ1v) is 11.8. The summed E-state index contributed by atoms with van der Waals surface area (Å²) in [5.41, 5.74) is 3.11. The lowest BCUT2D eigenvalue weighted by Gasteiger charge is -2.07. The first-order chi connectivity index (χ1) is 17.0. The topological polar surface area (TPSA) is 73.2 Å². The molecule has 0 saturated heterocycles. The molecule has 4 rings (SSSR count). The average Bonchev–Trinajstić information content (AvgIpc) is 3.23. The highest BCUT2D eigenvalue weighted by atomic mass is 35.5. The van der Waals surface area contributed by atoms with E-state index in [0.29, 0.717) is 34.1 Å². The van der Waals surface area contributed by atoms with Gasteiger partial charge in [0.2, 0.25) is 0 Å². The minimum atomic E-state index is -0.357. The number of hydrogen-bond donors (Lipinski definition) is 1. The highest BCUT2D eigenvalue weighted by molar-refractivity contribution is 6.33. The van der Waals surface area contributed by atoms with Crippen molar-refractivity contribution in [1.29, 1.82) is 0 Å². The number of esters is 1. The van der Waals surface area contributed by atoms with Crippen molar-refractivity contribution >= 4 is 34.4 Å². The third-order valence-corrected chi connectivity index (χ3v) is 5.85. The van der Waals surface area contributed by atoms with E-state index in [0.717, 1.165) is 23.8 Å². The number of fused-ring (bicyclic) bond motifs is 1. The molecule has 0 fully saturated rings. The molecule has 1 aromatic heterocycles. The molecule has 8 heteroatoms. The number of unbranched alkanes of at least 4 members (excludes halogenated alkanes) is 1. The van der Waals surface area contributed by atoms with Gasteiger partial charge in [-0.2, -0.15) is 5.10 Å². The van der Waals surface area contributed by atoms with Crippen LogP contribution in [-0.2, 0) is 9.53 Å². The van der Waals surface area contributed by atoms with E-state index < -0.39 is 0 Å². The number of amides is 1. The van der Waals surface area contributed by atoms with Crippen LogP contribution >= 0.6 is 11.6 Å². The van der Waals surface area contributed by atoms with Gasteiger partial charge in [0.05, 0.1) is 29.3 Å². The number of ether oxygens (including phenoxy) is 1. The first kappa shape index (κ1) is 24.4. The summed E-state index contributed by atoms with van der Waals surface area (Å²) in [6.07, 6.45) is 1.86. The highest BCUT2D eigenvalue weighted by Crippen LogP contribution is 2.34. The van der Waals surface area contributed by atoms with E-state index >= 15 is 0 Å². The zero-order valence-corrected chi connectivity index (χ0v) is 20.0. The van der Waals surface area contributed by atoms with Gasteiger partial charge < -0.3 is 10.1 Å². The van der Waals surface area contributed by atoms with Gasteiger partial charge in [-0.05, 0) is 55.0 Å². The number of aromatic nitrogens is 2. The van der Waals surface area contributed by atoms with Gasteiger partial charge >= 0.3 is 5.97 Å². The van der Waals surface area contributed by atoms with Crippen LogP contribution in [0.3, 0.4) is 0 Å². The molecule has 0 spiro atoms. The van der Waals surface area contributed by atoms with Crippen molar-refractivity contribution in [1.82, 2.24) is 15.1 Å². The molecule has 4 aromatic rings. The van der Waals surface area contributed by atoms with Crippen molar-refractivity contribution in [3.8, 4) is 16.9 Å². The summed E-state index contributed by atoms with van der Waals surface area (Å²) in [7, 11) is 0. The maximum Gasteiger partial charge on any atom is 0.307 e. The Kier molecular flexibility index (Phi) is 7.77. The Morgan fingerprint density at radius 3 is 2.60 bits per heavy atom. The molecule has 0 saturated carbocycles. The molecule has 0 bridgehead atoms. The smallest absolute Gasteiger partial charge is 0.307 e. The molecule has 1 amide bonds. The molecule has 0 aliphatic carbocycles. The number of hydrogen-bond acceptors (Lipinski definition) is 4. The van der Waals surface area contributed by atoms with Gasteiger partial charge in [0, 0.05) is 23.1 Å². The second kappa shape index (κ2) is 11.1. The van der Waals surface area contributed by atoms with E-state index in [2.05, 4.69) is 5.32 Å². The molecule has 0 aliphatic rings. The standard InChI is InChI=1S/C27H25ClFN3O3/c1-2-3-16-35-25(33)14-15-30-27(34)18-8-13-22-24(17-18)32(20-11-9-19(29)10-12-20)31-26(22)21-6-4-5-7-23(21)28/h4-13,17H,2-3,14-16H2,1H3,(H,30,34). The lowest BCUT2D eigenvalue weighted by molar-refractivity contribution is -0.143. The summed E-state index contributed by atoms with van der Waals surface area (Å²) in [4.78, 5) is 24.6. The minimum Gasteiger partial charge on any atom is -0.466 e. The molecular weight excluding hydrogens is 469 g/mol. The lowest BCUT2D eigenvalue weighted by Crippen LogP contribution is -2.26. The average molecular weight is 494 g/mol.